The summed E-state index contributed by atoms with van der Waals surface area (Å²) < 4.78 is 2.06. The van der Waals surface area contributed by atoms with E-state index in [-0.39, 0.29) is 6.04 Å². The summed E-state index contributed by atoms with van der Waals surface area (Å²) in [5, 5.41) is 18.8. The molecule has 3 rings (SSSR count). The van der Waals surface area contributed by atoms with Crippen molar-refractivity contribution in [2.45, 2.75) is 38.8 Å². The second kappa shape index (κ2) is 7.16. The number of aromatic nitrogens is 2. The van der Waals surface area contributed by atoms with Crippen LogP contribution in [-0.4, -0.2) is 32.2 Å². The van der Waals surface area contributed by atoms with Gasteiger partial charge in [-0.3, -0.25) is 4.90 Å². The summed E-state index contributed by atoms with van der Waals surface area (Å²) >= 11 is 6.34. The highest BCUT2D eigenvalue weighted by Crippen LogP contribution is 2.35. The second-order valence-corrected chi connectivity index (χ2v) is 6.41. The monoisotopic (exact) mass is 358 g/mol. The van der Waals surface area contributed by atoms with Crippen molar-refractivity contribution >= 4 is 17.7 Å². The molecule has 2 aromatic rings. The van der Waals surface area contributed by atoms with E-state index >= 15 is 0 Å². The maximum absolute atomic E-state index is 11.7. The van der Waals surface area contributed by atoms with Crippen molar-refractivity contribution in [1.82, 2.24) is 14.5 Å². The van der Waals surface area contributed by atoms with Gasteiger partial charge in [-0.1, -0.05) is 30.7 Å². The van der Waals surface area contributed by atoms with Crippen molar-refractivity contribution in [3.63, 3.8) is 0 Å². The van der Waals surface area contributed by atoms with E-state index in [2.05, 4.69) is 15.6 Å². The first-order valence-corrected chi connectivity index (χ1v) is 8.66. The van der Waals surface area contributed by atoms with Gasteiger partial charge in [0.2, 0.25) is 0 Å². The third-order valence-electron chi connectivity index (χ3n) is 4.65. The fraction of sp³-hybridized carbons (Fsp3) is 0.389. The summed E-state index contributed by atoms with van der Waals surface area (Å²) in [4.78, 5) is 17.5. The molecule has 7 heteroatoms. The predicted octanol–water partition coefficient (Wildman–Crippen LogP) is 3.64. The van der Waals surface area contributed by atoms with Gasteiger partial charge in [0.05, 0.1) is 23.4 Å². The molecule has 130 valence electrons. The van der Waals surface area contributed by atoms with Gasteiger partial charge in [0.25, 0.3) is 0 Å². The number of nitrogens with zero attached hydrogens (tertiary/aromatic N) is 4. The fourth-order valence-corrected chi connectivity index (χ4v) is 3.73. The molecule has 0 fully saturated rings. The summed E-state index contributed by atoms with van der Waals surface area (Å²) in [7, 11) is 0. The number of fused-ring (bicyclic) bond motifs is 1. The maximum Gasteiger partial charge on any atom is 0.407 e. The zero-order valence-electron chi connectivity index (χ0n) is 13.9. The molecule has 0 saturated heterocycles. The normalized spacial score (nSPS) is 16.4. The Balaban J connectivity index is 1.87. The van der Waals surface area contributed by atoms with Gasteiger partial charge in [-0.15, -0.1) is 0 Å². The minimum atomic E-state index is -0.939. The lowest BCUT2D eigenvalue weighted by Gasteiger charge is -2.35. The van der Waals surface area contributed by atoms with Crippen LogP contribution < -0.4 is 0 Å². The van der Waals surface area contributed by atoms with E-state index in [9.17, 15) is 9.90 Å². The highest BCUT2D eigenvalue weighted by atomic mass is 35.5. The van der Waals surface area contributed by atoms with Gasteiger partial charge in [-0.25, -0.2) is 9.78 Å². The van der Waals surface area contributed by atoms with Gasteiger partial charge >= 0.3 is 6.09 Å². The Kier molecular flexibility index (Phi) is 4.95. The highest BCUT2D eigenvalue weighted by Gasteiger charge is 2.34. The quantitative estimate of drug-likeness (QED) is 0.904. The Morgan fingerprint density at radius 3 is 2.72 bits per heavy atom. The lowest BCUT2D eigenvalue weighted by atomic mass is 10.00. The largest absolute Gasteiger partial charge is 0.465 e. The number of amides is 1. The number of halogens is 1. The number of carboxylic acid groups (broad SMARTS) is 1. The molecule has 25 heavy (non-hydrogen) atoms. The Bertz CT molecular complexity index is 823. The topological polar surface area (TPSA) is 82.2 Å². The van der Waals surface area contributed by atoms with Gasteiger partial charge in [0.15, 0.2) is 5.15 Å². The SMILES string of the molecule is CCc1nc(Cl)c2n1CCN(C(=O)O)C2CCc1ccc(C#N)cc1. The van der Waals surface area contributed by atoms with Crippen LogP contribution in [0.3, 0.4) is 0 Å². The van der Waals surface area contributed by atoms with E-state index in [1.807, 2.05) is 19.1 Å². The average Bonchev–Trinajstić information content (AvgIpc) is 2.96. The Morgan fingerprint density at radius 2 is 2.12 bits per heavy atom. The number of imidazole rings is 1. The number of benzene rings is 1. The summed E-state index contributed by atoms with van der Waals surface area (Å²) in [5.74, 6) is 0.897. The summed E-state index contributed by atoms with van der Waals surface area (Å²) in [6.07, 6.45) is 1.14. The van der Waals surface area contributed by atoms with Crippen LogP contribution in [0, 0.1) is 11.3 Å². The number of hydrogen-bond donors (Lipinski definition) is 1. The van der Waals surface area contributed by atoms with Crippen molar-refractivity contribution in [2.75, 3.05) is 6.54 Å². The van der Waals surface area contributed by atoms with E-state index in [1.165, 1.54) is 4.90 Å². The van der Waals surface area contributed by atoms with Gasteiger partial charge in [0.1, 0.15) is 5.82 Å². The van der Waals surface area contributed by atoms with Gasteiger partial charge in [-0.05, 0) is 30.5 Å². The van der Waals surface area contributed by atoms with Gasteiger partial charge < -0.3 is 9.67 Å². The van der Waals surface area contributed by atoms with Crippen LogP contribution in [0.5, 0.6) is 0 Å². The van der Waals surface area contributed by atoms with Crippen LogP contribution >= 0.6 is 11.6 Å². The van der Waals surface area contributed by atoms with Crippen molar-refractivity contribution in [2.24, 2.45) is 0 Å². The number of rotatable bonds is 4. The van der Waals surface area contributed by atoms with E-state index < -0.39 is 6.09 Å². The van der Waals surface area contributed by atoms with E-state index in [1.54, 1.807) is 12.1 Å². The molecule has 1 N–H and O–H groups in total. The number of nitriles is 1. The predicted molar refractivity (Wildman–Crippen MR) is 93.6 cm³/mol. The third kappa shape index (κ3) is 3.33. The van der Waals surface area contributed by atoms with Crippen LogP contribution in [0.25, 0.3) is 0 Å². The summed E-state index contributed by atoms with van der Waals surface area (Å²) in [6.45, 7) is 3.03. The van der Waals surface area contributed by atoms with Crippen LogP contribution in [0.2, 0.25) is 5.15 Å². The first kappa shape index (κ1) is 17.3. The molecule has 1 aromatic carbocycles. The second-order valence-electron chi connectivity index (χ2n) is 6.05. The zero-order chi connectivity index (χ0) is 18.0. The van der Waals surface area contributed by atoms with E-state index in [4.69, 9.17) is 16.9 Å². The maximum atomic E-state index is 11.7. The standard InChI is InChI=1S/C18H19ClN4O2/c1-2-15-21-17(19)16-14(22(18(24)25)9-10-23(15)16)8-7-12-3-5-13(11-20)6-4-12/h3-6,14H,2,7-10H2,1H3,(H,24,25). The van der Waals surface area contributed by atoms with Crippen molar-refractivity contribution in [3.05, 3.63) is 52.1 Å². The van der Waals surface area contributed by atoms with E-state index in [0.717, 1.165) is 23.5 Å². The van der Waals surface area contributed by atoms with Crippen molar-refractivity contribution < 1.29 is 9.90 Å². The van der Waals surface area contributed by atoms with Crippen LogP contribution in [0.4, 0.5) is 4.79 Å². The molecule has 1 unspecified atom stereocenters. The van der Waals surface area contributed by atoms with Crippen molar-refractivity contribution in [1.29, 1.82) is 5.26 Å². The smallest absolute Gasteiger partial charge is 0.407 e. The Hall–Kier alpha value is -2.52. The minimum absolute atomic E-state index is 0.317. The first-order valence-electron chi connectivity index (χ1n) is 8.28. The summed E-state index contributed by atoms with van der Waals surface area (Å²) in [5.41, 5.74) is 2.47. The number of aryl methyl sites for hydroxylation is 2. The van der Waals surface area contributed by atoms with Crippen molar-refractivity contribution in [3.8, 4) is 6.07 Å². The van der Waals surface area contributed by atoms with Crippen LogP contribution in [-0.2, 0) is 19.4 Å². The minimum Gasteiger partial charge on any atom is -0.465 e. The van der Waals surface area contributed by atoms with Gasteiger partial charge in [-0.2, -0.15) is 5.26 Å². The molecule has 1 aliphatic rings. The molecule has 1 amide bonds. The number of hydrogen-bond acceptors (Lipinski definition) is 3. The molecule has 6 nitrogen and oxygen atoms in total. The molecule has 2 heterocycles. The zero-order valence-corrected chi connectivity index (χ0v) is 14.7. The Morgan fingerprint density at radius 1 is 1.40 bits per heavy atom. The molecule has 1 atom stereocenters. The molecule has 0 saturated carbocycles. The molecule has 1 aliphatic heterocycles. The molecular formula is C18H19ClN4O2. The molecule has 0 radical (unpaired) electrons. The van der Waals surface area contributed by atoms with Crippen LogP contribution in [0.15, 0.2) is 24.3 Å². The first-order chi connectivity index (χ1) is 12.0. The molecule has 0 bridgehead atoms. The fourth-order valence-electron chi connectivity index (χ4n) is 3.40. The average molecular weight is 359 g/mol. The van der Waals surface area contributed by atoms with E-state index in [0.29, 0.717) is 36.6 Å². The molecule has 0 aliphatic carbocycles. The number of carbonyl (C=O) groups is 1. The molecular weight excluding hydrogens is 340 g/mol. The van der Waals surface area contributed by atoms with Crippen LogP contribution in [0.1, 0.15) is 42.0 Å². The molecule has 0 spiro atoms. The molecule has 1 aromatic heterocycles. The third-order valence-corrected chi connectivity index (χ3v) is 4.93. The summed E-state index contributed by atoms with van der Waals surface area (Å²) in [6, 6.07) is 9.14. The lowest BCUT2D eigenvalue weighted by Crippen LogP contribution is -2.42. The van der Waals surface area contributed by atoms with Gasteiger partial charge in [0, 0.05) is 19.5 Å². The lowest BCUT2D eigenvalue weighted by molar-refractivity contribution is 0.106. The Labute approximate surface area is 151 Å². The highest BCUT2D eigenvalue weighted by molar-refractivity contribution is 6.30.